The number of sulfonamides is 1. The van der Waals surface area contributed by atoms with Crippen molar-refractivity contribution in [3.05, 3.63) is 82.6 Å². The molecular formula is C28H25ClF2N4O6S. The summed E-state index contributed by atoms with van der Waals surface area (Å²) in [6.45, 7) is 2.31. The van der Waals surface area contributed by atoms with Gasteiger partial charge in [-0.2, -0.15) is 9.40 Å². The largest absolute Gasteiger partial charge is 0.487 e. The van der Waals surface area contributed by atoms with Gasteiger partial charge in [0.15, 0.2) is 0 Å². The summed E-state index contributed by atoms with van der Waals surface area (Å²) in [4.78, 5) is 26.2. The Kier molecular flexibility index (Phi) is 8.28. The van der Waals surface area contributed by atoms with Crippen molar-refractivity contribution >= 4 is 44.0 Å². The van der Waals surface area contributed by atoms with E-state index in [-0.39, 0.29) is 34.8 Å². The molecule has 1 amide bonds. The van der Waals surface area contributed by atoms with E-state index in [2.05, 4.69) is 15.2 Å². The number of aryl methyl sites for hydroxylation is 1. The fraction of sp³-hybridized carbons (Fsp3) is 0.250. The van der Waals surface area contributed by atoms with Crippen molar-refractivity contribution in [3.63, 3.8) is 0 Å². The highest BCUT2D eigenvalue weighted by Crippen LogP contribution is 2.30. The predicted molar refractivity (Wildman–Crippen MR) is 152 cm³/mol. The lowest BCUT2D eigenvalue weighted by molar-refractivity contribution is -0.117. The Hall–Kier alpha value is -3.91. The number of carbonyl (C=O) groups excluding carboxylic acids is 1. The summed E-state index contributed by atoms with van der Waals surface area (Å²) < 4.78 is 64.6. The van der Waals surface area contributed by atoms with E-state index in [4.69, 9.17) is 16.3 Å². The Morgan fingerprint density at radius 1 is 1.07 bits per heavy atom. The highest BCUT2D eigenvalue weighted by molar-refractivity contribution is 7.89. The Labute approximate surface area is 244 Å². The number of hydrogen-bond acceptors (Lipinski definition) is 7. The fourth-order valence-electron chi connectivity index (χ4n) is 4.58. The molecule has 0 saturated carbocycles. The van der Waals surface area contributed by atoms with E-state index in [0.717, 1.165) is 4.68 Å². The molecule has 1 aliphatic rings. The van der Waals surface area contributed by atoms with Crippen LogP contribution in [-0.4, -0.2) is 60.3 Å². The van der Waals surface area contributed by atoms with Gasteiger partial charge in [-0.15, -0.1) is 8.78 Å². The number of alkyl halides is 3. The molecule has 4 aromatic rings. The molecule has 1 saturated heterocycles. The third-order valence-corrected chi connectivity index (χ3v) is 8.70. The number of halogens is 3. The number of carbonyl (C=O) groups is 1. The van der Waals surface area contributed by atoms with Gasteiger partial charge in [0.05, 0.1) is 29.2 Å². The van der Waals surface area contributed by atoms with E-state index in [1.54, 1.807) is 43.3 Å². The summed E-state index contributed by atoms with van der Waals surface area (Å²) in [6.07, 6.45) is 0. The van der Waals surface area contributed by atoms with Gasteiger partial charge < -0.3 is 14.8 Å². The Morgan fingerprint density at radius 2 is 1.74 bits per heavy atom. The van der Waals surface area contributed by atoms with Crippen LogP contribution in [0.25, 0.3) is 22.0 Å². The molecule has 0 spiro atoms. The SMILES string of the molecule is Cc1ccc(-c2nn(CC(=O)Nc3ccc(OC(F)(F)Cl)cc3)c(=O)c3ccccc23)cc1S(=O)(=O)N1CCOCC1. The fourth-order valence-corrected chi connectivity index (χ4v) is 6.33. The van der Waals surface area contributed by atoms with Crippen LogP contribution in [0, 0.1) is 6.92 Å². The number of nitrogens with one attached hydrogen (secondary N) is 1. The number of morpholine rings is 1. The number of hydrogen-bond donors (Lipinski definition) is 1. The third kappa shape index (κ3) is 6.44. The van der Waals surface area contributed by atoms with Gasteiger partial charge in [0, 0.05) is 41.3 Å². The monoisotopic (exact) mass is 618 g/mol. The maximum atomic E-state index is 13.5. The summed E-state index contributed by atoms with van der Waals surface area (Å²) in [5, 5.41) is 7.83. The smallest absolute Gasteiger partial charge is 0.420 e. The first-order valence-electron chi connectivity index (χ1n) is 12.8. The second kappa shape index (κ2) is 11.8. The van der Waals surface area contributed by atoms with E-state index in [1.807, 2.05) is 0 Å². The van der Waals surface area contributed by atoms with Crippen LogP contribution in [0.4, 0.5) is 14.5 Å². The molecule has 10 nitrogen and oxygen atoms in total. The normalized spacial score (nSPS) is 14.6. The van der Waals surface area contributed by atoms with Crippen molar-refractivity contribution in [2.45, 2.75) is 23.9 Å². The Balaban J connectivity index is 1.48. The summed E-state index contributed by atoms with van der Waals surface area (Å²) >= 11 is 4.77. The standard InChI is InChI=1S/C28H25ClF2N4O6S/c1-18-6-7-19(16-24(18)42(38,39)34-12-14-40-15-13-34)26-22-4-2-3-5-23(22)27(37)35(33-26)17-25(36)32-20-8-10-21(11-9-20)41-28(29,30)31/h2-11,16H,12-15,17H2,1H3,(H,32,36). The Bertz CT molecular complexity index is 1800. The molecule has 0 aliphatic carbocycles. The topological polar surface area (TPSA) is 120 Å². The van der Waals surface area contributed by atoms with Gasteiger partial charge in [-0.1, -0.05) is 30.3 Å². The van der Waals surface area contributed by atoms with Crippen LogP contribution in [0.3, 0.4) is 0 Å². The predicted octanol–water partition coefficient (Wildman–Crippen LogP) is 4.20. The maximum Gasteiger partial charge on any atom is 0.487 e. The minimum atomic E-state index is -3.88. The van der Waals surface area contributed by atoms with Crippen LogP contribution < -0.4 is 15.6 Å². The van der Waals surface area contributed by atoms with Crippen molar-refractivity contribution in [1.29, 1.82) is 0 Å². The van der Waals surface area contributed by atoms with E-state index in [0.29, 0.717) is 35.4 Å². The maximum absolute atomic E-state index is 13.5. The molecule has 0 bridgehead atoms. The van der Waals surface area contributed by atoms with E-state index in [9.17, 15) is 26.8 Å². The van der Waals surface area contributed by atoms with Gasteiger partial charge in [0.2, 0.25) is 15.9 Å². The Morgan fingerprint density at radius 3 is 2.40 bits per heavy atom. The van der Waals surface area contributed by atoms with Crippen LogP contribution in [0.15, 0.2) is 76.4 Å². The third-order valence-electron chi connectivity index (χ3n) is 6.58. The molecular weight excluding hydrogens is 594 g/mol. The van der Waals surface area contributed by atoms with Crippen LogP contribution in [0.5, 0.6) is 5.75 Å². The van der Waals surface area contributed by atoms with Crippen LogP contribution in [0.2, 0.25) is 0 Å². The average Bonchev–Trinajstić information content (AvgIpc) is 2.95. The summed E-state index contributed by atoms with van der Waals surface area (Å²) in [5.74, 6) is -0.820. The van der Waals surface area contributed by atoms with Gasteiger partial charge >= 0.3 is 5.57 Å². The highest BCUT2D eigenvalue weighted by Gasteiger charge is 2.29. The lowest BCUT2D eigenvalue weighted by atomic mass is 10.0. The average molecular weight is 619 g/mol. The molecule has 3 aromatic carbocycles. The summed E-state index contributed by atoms with van der Waals surface area (Å²) in [7, 11) is -3.83. The highest BCUT2D eigenvalue weighted by atomic mass is 35.5. The number of benzene rings is 3. The number of amides is 1. The minimum absolute atomic E-state index is 0.114. The van der Waals surface area contributed by atoms with Crippen LogP contribution in [-0.2, 0) is 26.1 Å². The number of fused-ring (bicyclic) bond motifs is 1. The first-order valence-corrected chi connectivity index (χ1v) is 14.6. The van der Waals surface area contributed by atoms with Crippen molar-refractivity contribution in [1.82, 2.24) is 14.1 Å². The van der Waals surface area contributed by atoms with E-state index < -0.39 is 33.6 Å². The molecule has 2 heterocycles. The second-order valence-corrected chi connectivity index (χ2v) is 11.8. The number of rotatable bonds is 8. The van der Waals surface area contributed by atoms with Crippen LogP contribution >= 0.6 is 11.6 Å². The lowest BCUT2D eigenvalue weighted by Crippen LogP contribution is -2.40. The van der Waals surface area contributed by atoms with Crippen molar-refractivity contribution in [3.8, 4) is 17.0 Å². The zero-order chi connectivity index (χ0) is 30.1. The molecule has 1 N–H and O–H groups in total. The second-order valence-electron chi connectivity index (χ2n) is 9.47. The molecule has 1 aromatic heterocycles. The molecule has 1 fully saturated rings. The van der Waals surface area contributed by atoms with Gasteiger partial charge in [-0.05, 0) is 48.9 Å². The molecule has 0 unspecified atom stereocenters. The number of ether oxygens (including phenoxy) is 2. The van der Waals surface area contributed by atoms with Gasteiger partial charge in [-0.3, -0.25) is 9.59 Å². The van der Waals surface area contributed by atoms with E-state index >= 15 is 0 Å². The number of aromatic nitrogens is 2. The lowest BCUT2D eigenvalue weighted by Gasteiger charge is -2.27. The number of anilines is 1. The van der Waals surface area contributed by atoms with Crippen molar-refractivity contribution in [2.75, 3.05) is 31.6 Å². The summed E-state index contributed by atoms with van der Waals surface area (Å²) in [6, 6.07) is 16.7. The molecule has 14 heteroatoms. The summed E-state index contributed by atoms with van der Waals surface area (Å²) in [5.41, 5.74) is -2.82. The van der Waals surface area contributed by atoms with Crippen molar-refractivity contribution in [2.24, 2.45) is 0 Å². The number of nitrogens with zero attached hydrogens (tertiary/aromatic N) is 3. The van der Waals surface area contributed by atoms with E-state index in [1.165, 1.54) is 34.6 Å². The zero-order valence-electron chi connectivity index (χ0n) is 22.2. The molecule has 0 atom stereocenters. The molecule has 220 valence electrons. The zero-order valence-corrected chi connectivity index (χ0v) is 23.8. The molecule has 1 aliphatic heterocycles. The first kappa shape index (κ1) is 29.6. The molecule has 42 heavy (non-hydrogen) atoms. The van der Waals surface area contributed by atoms with Crippen LogP contribution in [0.1, 0.15) is 5.56 Å². The molecule has 5 rings (SSSR count). The minimum Gasteiger partial charge on any atom is -0.420 e. The quantitative estimate of drug-likeness (QED) is 0.294. The first-order chi connectivity index (χ1) is 19.9. The van der Waals surface area contributed by atoms with Crippen molar-refractivity contribution < 1.29 is 31.5 Å². The molecule has 0 radical (unpaired) electrons. The van der Waals surface area contributed by atoms with Gasteiger partial charge in [-0.25, -0.2) is 13.1 Å². The van der Waals surface area contributed by atoms with Gasteiger partial charge in [0.25, 0.3) is 5.56 Å². The van der Waals surface area contributed by atoms with Gasteiger partial charge in [0.1, 0.15) is 12.3 Å².